The van der Waals surface area contributed by atoms with Crippen LogP contribution < -0.4 is 0 Å². The van der Waals surface area contributed by atoms with E-state index < -0.39 is 0 Å². The molecule has 1 aliphatic heterocycles. The van der Waals surface area contributed by atoms with Crippen LogP contribution in [0.25, 0.3) is 0 Å². The maximum Gasteiger partial charge on any atom is 0.183 e. The first-order chi connectivity index (χ1) is 3.00. The van der Waals surface area contributed by atoms with E-state index in [1.54, 1.807) is 6.21 Å². The van der Waals surface area contributed by atoms with Crippen molar-refractivity contribution in [1.82, 2.24) is 0 Å². The molecular formula is C2H3N2OP. The number of nitrogens with zero attached hydrogens (tertiary/aromatic N) is 2. The minimum atomic E-state index is 0.535. The third-order valence-corrected chi connectivity index (χ3v) is 0.832. The molecule has 0 atom stereocenters. The van der Waals surface area contributed by atoms with Gasteiger partial charge in [0.15, 0.2) is 8.52 Å². The summed E-state index contributed by atoms with van der Waals surface area (Å²) in [7, 11) is 0.671. The van der Waals surface area contributed by atoms with Crippen molar-refractivity contribution < 1.29 is 4.84 Å². The van der Waals surface area contributed by atoms with E-state index in [1.807, 2.05) is 0 Å². The van der Waals surface area contributed by atoms with Crippen molar-refractivity contribution in [2.45, 2.75) is 0 Å². The summed E-state index contributed by atoms with van der Waals surface area (Å²) in [5.41, 5.74) is 0. The Morgan fingerprint density at radius 2 is 2.83 bits per heavy atom. The van der Waals surface area contributed by atoms with E-state index in [4.69, 9.17) is 0 Å². The SMILES string of the molecule is C1=NP=NOC1. The van der Waals surface area contributed by atoms with Gasteiger partial charge in [-0.25, -0.2) is 9.60 Å². The topological polar surface area (TPSA) is 34.0 Å². The van der Waals surface area contributed by atoms with Gasteiger partial charge in [-0.3, -0.25) is 0 Å². The van der Waals surface area contributed by atoms with Crippen LogP contribution in [0.2, 0.25) is 0 Å². The van der Waals surface area contributed by atoms with Crippen LogP contribution in [0.1, 0.15) is 0 Å². The fourth-order valence-electron chi connectivity index (χ4n) is 0.183. The second kappa shape index (κ2) is 2.00. The average Bonchev–Trinajstić information content (AvgIpc) is 1.72. The fourth-order valence-corrected chi connectivity index (χ4v) is 0.484. The van der Waals surface area contributed by atoms with Crippen LogP contribution in [-0.2, 0) is 4.84 Å². The first kappa shape index (κ1) is 3.90. The normalized spacial score (nSPS) is 21.3. The van der Waals surface area contributed by atoms with E-state index in [0.717, 1.165) is 0 Å². The van der Waals surface area contributed by atoms with E-state index in [9.17, 15) is 0 Å². The average molecular weight is 102 g/mol. The molecule has 0 saturated heterocycles. The van der Waals surface area contributed by atoms with Crippen molar-refractivity contribution in [2.24, 2.45) is 9.67 Å². The maximum atomic E-state index is 4.53. The molecule has 6 heavy (non-hydrogen) atoms. The van der Waals surface area contributed by atoms with Gasteiger partial charge < -0.3 is 0 Å². The van der Waals surface area contributed by atoms with Crippen molar-refractivity contribution in [2.75, 3.05) is 6.61 Å². The van der Waals surface area contributed by atoms with Crippen molar-refractivity contribution in [1.29, 1.82) is 0 Å². The molecule has 0 saturated carbocycles. The lowest BCUT2D eigenvalue weighted by atomic mass is 10.8. The highest BCUT2D eigenvalue weighted by Crippen LogP contribution is 2.02. The first-order valence-corrected chi connectivity index (χ1v) is 2.34. The lowest BCUT2D eigenvalue weighted by Crippen LogP contribution is -1.86. The summed E-state index contributed by atoms with van der Waals surface area (Å²) in [6, 6.07) is 0. The molecule has 0 spiro atoms. The summed E-state index contributed by atoms with van der Waals surface area (Å²) in [6.45, 7) is 0.535. The first-order valence-electron chi connectivity index (χ1n) is 1.54. The quantitative estimate of drug-likeness (QED) is 0.421. The molecule has 3 nitrogen and oxygen atoms in total. The fraction of sp³-hybridized carbons (Fsp3) is 0.500. The van der Waals surface area contributed by atoms with Crippen molar-refractivity contribution in [3.05, 3.63) is 0 Å². The van der Waals surface area contributed by atoms with Crippen molar-refractivity contribution >= 4 is 14.7 Å². The molecule has 0 bridgehead atoms. The second-order valence-electron chi connectivity index (χ2n) is 0.765. The summed E-state index contributed by atoms with van der Waals surface area (Å²) >= 11 is 0. The van der Waals surface area contributed by atoms with Crippen LogP contribution in [0.5, 0.6) is 0 Å². The van der Waals surface area contributed by atoms with Crippen LogP contribution in [-0.4, -0.2) is 12.8 Å². The van der Waals surface area contributed by atoms with Gasteiger partial charge in [-0.05, 0) is 0 Å². The lowest BCUT2D eigenvalue weighted by Gasteiger charge is -1.87. The van der Waals surface area contributed by atoms with Gasteiger partial charge in [0.05, 0.1) is 0 Å². The molecule has 0 N–H and O–H groups in total. The molecule has 0 amide bonds. The second-order valence-corrected chi connectivity index (χ2v) is 1.34. The minimum Gasteiger partial charge on any atom is -0.241 e. The van der Waals surface area contributed by atoms with Gasteiger partial charge in [-0.2, -0.15) is 0 Å². The highest BCUT2D eigenvalue weighted by molar-refractivity contribution is 7.25. The van der Waals surface area contributed by atoms with Gasteiger partial charge in [0.25, 0.3) is 0 Å². The van der Waals surface area contributed by atoms with Gasteiger partial charge in [-0.1, -0.05) is 4.91 Å². The predicted molar refractivity (Wildman–Crippen MR) is 23.8 cm³/mol. The Kier molecular flexibility index (Phi) is 1.30. The Morgan fingerprint density at radius 1 is 1.83 bits per heavy atom. The van der Waals surface area contributed by atoms with Crippen LogP contribution in [0.3, 0.4) is 0 Å². The molecule has 1 heterocycles. The zero-order chi connectivity index (χ0) is 4.24. The van der Waals surface area contributed by atoms with Crippen LogP contribution >= 0.6 is 8.52 Å². The smallest absolute Gasteiger partial charge is 0.183 e. The molecule has 32 valence electrons. The molecule has 0 radical (unpaired) electrons. The van der Waals surface area contributed by atoms with Gasteiger partial charge in [0.2, 0.25) is 0 Å². The van der Waals surface area contributed by atoms with Crippen LogP contribution in [0.15, 0.2) is 9.67 Å². The summed E-state index contributed by atoms with van der Waals surface area (Å²) in [4.78, 5) is 7.98. The molecule has 1 rings (SSSR count). The molecular weight excluding hydrogens is 99.0 g/mol. The lowest BCUT2D eigenvalue weighted by molar-refractivity contribution is 0.192. The van der Waals surface area contributed by atoms with Gasteiger partial charge in [0.1, 0.15) is 6.61 Å². The standard InChI is InChI=1S/C2H3N2OP/c1-2-5-4-6-3-1/h1H,2H2. The van der Waals surface area contributed by atoms with Crippen molar-refractivity contribution in [3.8, 4) is 0 Å². The van der Waals surface area contributed by atoms with E-state index in [2.05, 4.69) is 14.5 Å². The Hall–Kier alpha value is -0.270. The van der Waals surface area contributed by atoms with E-state index in [-0.39, 0.29) is 0 Å². The highest BCUT2D eigenvalue weighted by atomic mass is 31.1. The number of hydrogen-bond acceptors (Lipinski definition) is 3. The third kappa shape index (κ3) is 0.847. The Bertz CT molecular complexity index is 77.5. The van der Waals surface area contributed by atoms with E-state index in [1.165, 1.54) is 0 Å². The molecule has 0 aromatic carbocycles. The van der Waals surface area contributed by atoms with Crippen LogP contribution in [0, 0.1) is 0 Å². The largest absolute Gasteiger partial charge is 0.241 e. The van der Waals surface area contributed by atoms with Gasteiger partial charge in [0, 0.05) is 6.21 Å². The Balaban J connectivity index is 2.46. The summed E-state index contributed by atoms with van der Waals surface area (Å²) in [5, 5.41) is 0. The zero-order valence-electron chi connectivity index (χ0n) is 3.03. The Labute approximate surface area is 36.9 Å². The molecule has 0 fully saturated rings. The Morgan fingerprint density at radius 3 is 3.00 bits per heavy atom. The minimum absolute atomic E-state index is 0.535. The number of hydrogen-bond donors (Lipinski definition) is 0. The van der Waals surface area contributed by atoms with E-state index in [0.29, 0.717) is 15.1 Å². The maximum absolute atomic E-state index is 4.53. The van der Waals surface area contributed by atoms with Gasteiger partial charge in [-0.15, -0.1) is 0 Å². The summed E-state index contributed by atoms with van der Waals surface area (Å²) in [6.07, 6.45) is 1.69. The predicted octanol–water partition coefficient (Wildman–Crippen LogP) is 1.05. The molecule has 4 heteroatoms. The number of rotatable bonds is 0. The monoisotopic (exact) mass is 102 g/mol. The van der Waals surface area contributed by atoms with Crippen molar-refractivity contribution in [3.63, 3.8) is 0 Å². The summed E-state index contributed by atoms with van der Waals surface area (Å²) < 4.78 is 3.73. The highest BCUT2D eigenvalue weighted by Gasteiger charge is 1.80. The summed E-state index contributed by atoms with van der Waals surface area (Å²) in [5.74, 6) is 0. The molecule has 0 unspecified atom stereocenters. The molecule has 0 aliphatic carbocycles. The molecule has 0 aromatic heterocycles. The van der Waals surface area contributed by atoms with Crippen LogP contribution in [0.4, 0.5) is 0 Å². The zero-order valence-corrected chi connectivity index (χ0v) is 3.93. The van der Waals surface area contributed by atoms with Gasteiger partial charge >= 0.3 is 0 Å². The third-order valence-electron chi connectivity index (χ3n) is 0.377. The molecule has 1 aliphatic rings. The molecule has 0 aromatic rings. The van der Waals surface area contributed by atoms with E-state index >= 15 is 0 Å².